The molecule has 0 fully saturated rings. The van der Waals surface area contributed by atoms with E-state index >= 15 is 0 Å². The molecule has 0 spiro atoms. The molecule has 0 atom stereocenters. The Kier molecular flexibility index (Phi) is 3.28. The van der Waals surface area contributed by atoms with Gasteiger partial charge in [0.25, 0.3) is 10.0 Å². The van der Waals surface area contributed by atoms with E-state index in [9.17, 15) is 8.42 Å². The second-order valence-corrected chi connectivity index (χ2v) is 7.44. The van der Waals surface area contributed by atoms with Crippen LogP contribution >= 0.6 is 0 Å². The number of para-hydroxylation sites is 1. The Bertz CT molecular complexity index is 778. The molecule has 0 radical (unpaired) electrons. The van der Waals surface area contributed by atoms with Crippen LogP contribution in [0.1, 0.15) is 31.1 Å². The molecule has 2 heterocycles. The zero-order valence-corrected chi connectivity index (χ0v) is 13.3. The van der Waals surface area contributed by atoms with Gasteiger partial charge in [-0.25, -0.2) is 8.42 Å². The summed E-state index contributed by atoms with van der Waals surface area (Å²) in [7, 11) is -3.55. The average molecular weight is 305 g/mol. The Balaban J connectivity index is 2.06. The van der Waals surface area contributed by atoms with Gasteiger partial charge in [-0.2, -0.15) is 5.10 Å². The van der Waals surface area contributed by atoms with E-state index in [2.05, 4.69) is 5.10 Å². The maximum Gasteiger partial charge on any atom is 0.267 e. The molecule has 0 aliphatic carbocycles. The minimum Gasteiger partial charge on any atom is -0.269 e. The third-order valence-electron chi connectivity index (χ3n) is 3.81. The van der Waals surface area contributed by atoms with Gasteiger partial charge in [0.15, 0.2) is 0 Å². The molecule has 1 aliphatic rings. The fraction of sp³-hybridized carbons (Fsp3) is 0.400. The van der Waals surface area contributed by atoms with E-state index in [4.69, 9.17) is 0 Å². The first-order valence-electron chi connectivity index (χ1n) is 7.07. The fourth-order valence-corrected chi connectivity index (χ4v) is 4.32. The molecule has 5 nitrogen and oxygen atoms in total. The number of aryl methyl sites for hydroxylation is 1. The highest BCUT2D eigenvalue weighted by molar-refractivity contribution is 7.92. The molecule has 0 amide bonds. The van der Waals surface area contributed by atoms with Crippen molar-refractivity contribution in [1.82, 2.24) is 9.78 Å². The SMILES string of the molecule is Cc1nn(C(C)C)cc1S(=O)(=O)N1CCc2ccccc21. The minimum atomic E-state index is -3.55. The highest BCUT2D eigenvalue weighted by Gasteiger charge is 2.33. The predicted octanol–water partition coefficient (Wildman–Crippen LogP) is 2.52. The van der Waals surface area contributed by atoms with Crippen LogP contribution in [0.3, 0.4) is 0 Å². The Morgan fingerprint density at radius 1 is 1.24 bits per heavy atom. The normalized spacial score (nSPS) is 14.8. The Hall–Kier alpha value is -1.82. The largest absolute Gasteiger partial charge is 0.269 e. The van der Waals surface area contributed by atoms with Gasteiger partial charge in [-0.05, 0) is 38.8 Å². The first-order chi connectivity index (χ1) is 9.91. The van der Waals surface area contributed by atoms with Crippen LogP contribution < -0.4 is 4.31 Å². The lowest BCUT2D eigenvalue weighted by Crippen LogP contribution is -2.29. The highest BCUT2D eigenvalue weighted by atomic mass is 32.2. The van der Waals surface area contributed by atoms with Crippen molar-refractivity contribution in [3.8, 4) is 0 Å². The van der Waals surface area contributed by atoms with E-state index in [0.29, 0.717) is 17.1 Å². The minimum absolute atomic E-state index is 0.138. The molecule has 1 aliphatic heterocycles. The topological polar surface area (TPSA) is 55.2 Å². The summed E-state index contributed by atoms with van der Waals surface area (Å²) in [6.07, 6.45) is 2.39. The highest BCUT2D eigenvalue weighted by Crippen LogP contribution is 2.33. The third kappa shape index (κ3) is 2.23. The molecule has 2 aromatic rings. The van der Waals surface area contributed by atoms with Crippen LogP contribution in [0.15, 0.2) is 35.4 Å². The van der Waals surface area contributed by atoms with Crippen molar-refractivity contribution < 1.29 is 8.42 Å². The number of nitrogens with zero attached hydrogens (tertiary/aromatic N) is 3. The molecule has 0 saturated carbocycles. The lowest BCUT2D eigenvalue weighted by molar-refractivity contribution is 0.528. The number of fused-ring (bicyclic) bond motifs is 1. The molecule has 0 unspecified atom stereocenters. The van der Waals surface area contributed by atoms with Crippen molar-refractivity contribution in [1.29, 1.82) is 0 Å². The van der Waals surface area contributed by atoms with Crippen molar-refractivity contribution >= 4 is 15.7 Å². The average Bonchev–Trinajstić information content (AvgIpc) is 3.02. The van der Waals surface area contributed by atoms with E-state index < -0.39 is 10.0 Å². The molecule has 0 saturated heterocycles. The zero-order valence-electron chi connectivity index (χ0n) is 12.4. The van der Waals surface area contributed by atoms with Gasteiger partial charge in [0.05, 0.1) is 11.4 Å². The molecule has 0 bridgehead atoms. The van der Waals surface area contributed by atoms with E-state index in [1.165, 1.54) is 4.31 Å². The number of sulfonamides is 1. The summed E-state index contributed by atoms with van der Waals surface area (Å²) in [5, 5.41) is 4.31. The third-order valence-corrected chi connectivity index (χ3v) is 5.73. The molecule has 6 heteroatoms. The van der Waals surface area contributed by atoms with Crippen molar-refractivity contribution in [2.75, 3.05) is 10.8 Å². The van der Waals surface area contributed by atoms with Crippen LogP contribution in [-0.2, 0) is 16.4 Å². The monoisotopic (exact) mass is 305 g/mol. The Labute approximate surface area is 125 Å². The predicted molar refractivity (Wildman–Crippen MR) is 82.0 cm³/mol. The van der Waals surface area contributed by atoms with E-state index in [0.717, 1.165) is 17.7 Å². The summed E-state index contributed by atoms with van der Waals surface area (Å²) in [5.41, 5.74) is 2.41. The maximum absolute atomic E-state index is 12.9. The molecule has 21 heavy (non-hydrogen) atoms. The molecular formula is C15H19N3O2S. The smallest absolute Gasteiger partial charge is 0.267 e. The van der Waals surface area contributed by atoms with E-state index in [-0.39, 0.29) is 6.04 Å². The Morgan fingerprint density at radius 3 is 2.62 bits per heavy atom. The van der Waals surface area contributed by atoms with Crippen molar-refractivity contribution in [3.63, 3.8) is 0 Å². The van der Waals surface area contributed by atoms with Crippen LogP contribution in [0.25, 0.3) is 0 Å². The molecule has 1 aromatic heterocycles. The summed E-state index contributed by atoms with van der Waals surface area (Å²) in [5.74, 6) is 0. The van der Waals surface area contributed by atoms with Crippen molar-refractivity contribution in [3.05, 3.63) is 41.7 Å². The van der Waals surface area contributed by atoms with Crippen LogP contribution in [0, 0.1) is 6.92 Å². The molecule has 0 N–H and O–H groups in total. The number of rotatable bonds is 3. The fourth-order valence-electron chi connectivity index (χ4n) is 2.66. The molecule has 112 valence electrons. The van der Waals surface area contributed by atoms with Crippen LogP contribution in [0.5, 0.6) is 0 Å². The first kappa shape index (κ1) is 14.1. The van der Waals surface area contributed by atoms with Gasteiger partial charge >= 0.3 is 0 Å². The summed E-state index contributed by atoms with van der Waals surface area (Å²) >= 11 is 0. The van der Waals surface area contributed by atoms with Crippen LogP contribution in [0.4, 0.5) is 5.69 Å². The molecular weight excluding hydrogens is 286 g/mol. The van der Waals surface area contributed by atoms with Gasteiger partial charge in [-0.1, -0.05) is 18.2 Å². The van der Waals surface area contributed by atoms with Gasteiger partial charge in [0, 0.05) is 18.8 Å². The molecule has 3 rings (SSSR count). The number of aromatic nitrogens is 2. The van der Waals surface area contributed by atoms with Gasteiger partial charge in [-0.15, -0.1) is 0 Å². The number of benzene rings is 1. The van der Waals surface area contributed by atoms with Crippen molar-refractivity contribution in [2.24, 2.45) is 0 Å². The van der Waals surface area contributed by atoms with E-state index in [1.807, 2.05) is 38.1 Å². The van der Waals surface area contributed by atoms with Crippen molar-refractivity contribution in [2.45, 2.75) is 38.1 Å². The number of hydrogen-bond acceptors (Lipinski definition) is 3. The number of anilines is 1. The second-order valence-electron chi connectivity index (χ2n) is 5.61. The lowest BCUT2D eigenvalue weighted by atomic mass is 10.2. The van der Waals surface area contributed by atoms with Crippen LogP contribution in [0.2, 0.25) is 0 Å². The standard InChI is InChI=1S/C15H19N3O2S/c1-11(2)17-10-15(12(3)16-17)21(19,20)18-9-8-13-6-4-5-7-14(13)18/h4-7,10-11H,8-9H2,1-3H3. The van der Waals surface area contributed by atoms with E-state index in [1.54, 1.807) is 17.8 Å². The van der Waals surface area contributed by atoms with Gasteiger partial charge in [0.1, 0.15) is 4.90 Å². The molecule has 1 aromatic carbocycles. The second kappa shape index (κ2) is 4.87. The van der Waals surface area contributed by atoms with Gasteiger partial charge in [0.2, 0.25) is 0 Å². The Morgan fingerprint density at radius 2 is 1.95 bits per heavy atom. The summed E-state index contributed by atoms with van der Waals surface area (Å²) in [6.45, 7) is 6.20. The first-order valence-corrected chi connectivity index (χ1v) is 8.51. The lowest BCUT2D eigenvalue weighted by Gasteiger charge is -2.18. The summed E-state index contributed by atoms with van der Waals surface area (Å²) in [6, 6.07) is 7.80. The zero-order chi connectivity index (χ0) is 15.2. The number of hydrogen-bond donors (Lipinski definition) is 0. The summed E-state index contributed by atoms with van der Waals surface area (Å²) < 4.78 is 29.0. The van der Waals surface area contributed by atoms with Gasteiger partial charge in [-0.3, -0.25) is 8.99 Å². The summed E-state index contributed by atoms with van der Waals surface area (Å²) in [4.78, 5) is 0.299. The van der Waals surface area contributed by atoms with Crippen LogP contribution in [-0.4, -0.2) is 24.7 Å². The maximum atomic E-state index is 12.9. The van der Waals surface area contributed by atoms with Gasteiger partial charge < -0.3 is 0 Å². The quantitative estimate of drug-likeness (QED) is 0.875.